The molecule has 1 aromatic rings. The van der Waals surface area contributed by atoms with Crippen molar-refractivity contribution in [2.24, 2.45) is 4.99 Å². The van der Waals surface area contributed by atoms with Gasteiger partial charge in [-0.25, -0.2) is 0 Å². The Morgan fingerprint density at radius 1 is 1.21 bits per heavy atom. The van der Waals surface area contributed by atoms with Gasteiger partial charge in [0.2, 0.25) is 0 Å². The molecule has 0 radical (unpaired) electrons. The van der Waals surface area contributed by atoms with Gasteiger partial charge in [-0.3, -0.25) is 4.99 Å². The number of rotatable bonds is 0. The fraction of sp³-hybridized carbons (Fsp3) is 0.417. The van der Waals surface area contributed by atoms with Gasteiger partial charge in [0.25, 0.3) is 0 Å². The van der Waals surface area contributed by atoms with Crippen LogP contribution in [0.15, 0.2) is 29.3 Å². The summed E-state index contributed by atoms with van der Waals surface area (Å²) >= 11 is 1.83. The summed E-state index contributed by atoms with van der Waals surface area (Å²) in [5.41, 5.74) is 2.89. The summed E-state index contributed by atoms with van der Waals surface area (Å²) in [7, 11) is 1.86. The predicted molar refractivity (Wildman–Crippen MR) is 61.6 cm³/mol. The maximum Gasteiger partial charge on any atom is 0.110 e. The highest BCUT2D eigenvalue weighted by Crippen LogP contribution is 2.23. The molecule has 1 aliphatic carbocycles. The first kappa shape index (κ1) is 9.66. The van der Waals surface area contributed by atoms with E-state index in [4.69, 9.17) is 0 Å². The molecule has 2 heteroatoms. The summed E-state index contributed by atoms with van der Waals surface area (Å²) in [6.45, 7) is 4.08. The second-order valence-electron chi connectivity index (χ2n) is 3.70. The van der Waals surface area contributed by atoms with Gasteiger partial charge in [0.15, 0.2) is 0 Å². The number of allylic oxidation sites excluding steroid dienone is 1. The fourth-order valence-corrected chi connectivity index (χ4v) is 2.76. The number of hydrogen-bond donors (Lipinski definition) is 0. The van der Waals surface area contributed by atoms with Crippen LogP contribution in [0.25, 0.3) is 0 Å². The maximum absolute atomic E-state index is 4.22. The summed E-state index contributed by atoms with van der Waals surface area (Å²) < 4.78 is 1.14. The zero-order chi connectivity index (χ0) is 9.97. The van der Waals surface area contributed by atoms with E-state index in [1.54, 1.807) is 0 Å². The van der Waals surface area contributed by atoms with E-state index >= 15 is 0 Å². The normalized spacial score (nSPS) is 17.8. The van der Waals surface area contributed by atoms with E-state index in [1.165, 1.54) is 16.0 Å². The second-order valence-corrected chi connectivity index (χ2v) is 4.81. The molecule has 74 valence electrons. The molecule has 1 aliphatic rings. The van der Waals surface area contributed by atoms with Crippen LogP contribution >= 0.6 is 11.3 Å². The van der Waals surface area contributed by atoms with Gasteiger partial charge in [-0.15, -0.1) is 11.3 Å². The third kappa shape index (κ3) is 1.95. The molecule has 0 unspecified atom stereocenters. The Morgan fingerprint density at radius 3 is 2.79 bits per heavy atom. The maximum atomic E-state index is 4.22. The third-order valence-electron chi connectivity index (χ3n) is 2.69. The van der Waals surface area contributed by atoms with Gasteiger partial charge in [0.1, 0.15) is 4.67 Å². The molecule has 0 amide bonds. The largest absolute Gasteiger partial charge is 0.278 e. The Morgan fingerprint density at radius 2 is 2.00 bits per heavy atom. The van der Waals surface area contributed by atoms with Crippen molar-refractivity contribution in [1.82, 2.24) is 0 Å². The average Bonchev–Trinajstić information content (AvgIpc) is 2.40. The minimum Gasteiger partial charge on any atom is -0.278 e. The molecule has 0 saturated heterocycles. The fourth-order valence-electron chi connectivity index (χ4n) is 1.77. The minimum absolute atomic E-state index is 1.14. The minimum atomic E-state index is 1.14. The lowest BCUT2D eigenvalue weighted by Gasteiger charge is -2.02. The van der Waals surface area contributed by atoms with Crippen LogP contribution in [0.4, 0.5) is 0 Å². The summed E-state index contributed by atoms with van der Waals surface area (Å²) in [6.07, 6.45) is 4.62. The van der Waals surface area contributed by atoms with Crippen LogP contribution in [0, 0.1) is 0 Å². The van der Waals surface area contributed by atoms with Crippen LogP contribution in [0.2, 0.25) is 0 Å². The van der Waals surface area contributed by atoms with Gasteiger partial charge in [-0.05, 0) is 37.3 Å². The summed E-state index contributed by atoms with van der Waals surface area (Å²) in [5.74, 6) is 0. The van der Waals surface area contributed by atoms with Gasteiger partial charge in [0.05, 0.1) is 0 Å². The van der Waals surface area contributed by atoms with Gasteiger partial charge >= 0.3 is 0 Å². The van der Waals surface area contributed by atoms with E-state index in [1.807, 2.05) is 18.4 Å². The van der Waals surface area contributed by atoms with Gasteiger partial charge in [-0.2, -0.15) is 0 Å². The van der Waals surface area contributed by atoms with Crippen molar-refractivity contribution in [2.75, 3.05) is 7.05 Å². The van der Waals surface area contributed by atoms with Crippen LogP contribution in [-0.2, 0) is 12.8 Å². The molecule has 1 aromatic heterocycles. The summed E-state index contributed by atoms with van der Waals surface area (Å²) in [4.78, 5) is 5.73. The molecule has 0 aliphatic heterocycles. The summed E-state index contributed by atoms with van der Waals surface area (Å²) in [5, 5.41) is 0. The van der Waals surface area contributed by atoms with E-state index in [0.717, 1.165) is 30.4 Å². The highest BCUT2D eigenvalue weighted by Gasteiger charge is 2.09. The average molecular weight is 205 g/mol. The Hall–Kier alpha value is -0.890. The van der Waals surface area contributed by atoms with Crippen LogP contribution in [0.3, 0.4) is 0 Å². The van der Waals surface area contributed by atoms with Gasteiger partial charge in [0, 0.05) is 11.9 Å². The standard InChI is InChI=1S/C12H15NS/c1-9-3-5-10-6-8-12(13-2)14-11(10)7-4-9/h6,8H,1,3-5,7H2,2H3. The van der Waals surface area contributed by atoms with Crippen molar-refractivity contribution in [2.45, 2.75) is 25.7 Å². The SMILES string of the molecule is C=C1CCc2ccc(=NC)sc2CC1. The van der Waals surface area contributed by atoms with Gasteiger partial charge in [-0.1, -0.05) is 18.2 Å². The van der Waals surface area contributed by atoms with Crippen molar-refractivity contribution in [3.8, 4) is 0 Å². The van der Waals surface area contributed by atoms with Crippen LogP contribution in [0.1, 0.15) is 23.3 Å². The smallest absolute Gasteiger partial charge is 0.110 e. The number of nitrogens with zero attached hydrogens (tertiary/aromatic N) is 1. The van der Waals surface area contributed by atoms with Gasteiger partial charge < -0.3 is 0 Å². The molecular weight excluding hydrogens is 190 g/mol. The molecule has 14 heavy (non-hydrogen) atoms. The van der Waals surface area contributed by atoms with Crippen molar-refractivity contribution in [3.63, 3.8) is 0 Å². The zero-order valence-electron chi connectivity index (χ0n) is 8.55. The van der Waals surface area contributed by atoms with Crippen LogP contribution in [0.5, 0.6) is 0 Å². The first-order chi connectivity index (χ1) is 6.79. The first-order valence-electron chi connectivity index (χ1n) is 5.01. The summed E-state index contributed by atoms with van der Waals surface area (Å²) in [6, 6.07) is 4.35. The van der Waals surface area contributed by atoms with Crippen molar-refractivity contribution in [1.29, 1.82) is 0 Å². The Labute approximate surface area is 88.8 Å². The monoisotopic (exact) mass is 205 g/mol. The molecule has 0 bridgehead atoms. The first-order valence-corrected chi connectivity index (χ1v) is 5.82. The molecule has 0 saturated carbocycles. The predicted octanol–water partition coefficient (Wildman–Crippen LogP) is 2.71. The van der Waals surface area contributed by atoms with E-state index in [9.17, 15) is 0 Å². The topological polar surface area (TPSA) is 12.4 Å². The zero-order valence-corrected chi connectivity index (χ0v) is 9.36. The molecule has 1 heterocycles. The quantitative estimate of drug-likeness (QED) is 0.456. The molecule has 1 nitrogen and oxygen atoms in total. The highest BCUT2D eigenvalue weighted by atomic mass is 32.1. The second kappa shape index (κ2) is 4.09. The van der Waals surface area contributed by atoms with E-state index in [2.05, 4.69) is 23.7 Å². The van der Waals surface area contributed by atoms with Crippen molar-refractivity contribution in [3.05, 3.63) is 39.4 Å². The molecule has 0 N–H and O–H groups in total. The number of fused-ring (bicyclic) bond motifs is 1. The molecular formula is C12H15NS. The molecule has 2 rings (SSSR count). The highest BCUT2D eigenvalue weighted by molar-refractivity contribution is 7.09. The van der Waals surface area contributed by atoms with Crippen molar-refractivity contribution >= 4 is 11.3 Å². The Kier molecular flexibility index (Phi) is 2.82. The molecule has 0 aromatic carbocycles. The van der Waals surface area contributed by atoms with Crippen LogP contribution < -0.4 is 4.67 Å². The van der Waals surface area contributed by atoms with E-state index in [-0.39, 0.29) is 0 Å². The molecule has 0 atom stereocenters. The van der Waals surface area contributed by atoms with Crippen molar-refractivity contribution < 1.29 is 0 Å². The van der Waals surface area contributed by atoms with E-state index < -0.39 is 0 Å². The van der Waals surface area contributed by atoms with E-state index in [0.29, 0.717) is 0 Å². The molecule has 0 spiro atoms. The molecule has 0 fully saturated rings. The number of hydrogen-bond acceptors (Lipinski definition) is 2. The van der Waals surface area contributed by atoms with Crippen LogP contribution in [-0.4, -0.2) is 7.05 Å². The Bertz CT molecular complexity index is 415. The Balaban J connectivity index is 2.41. The lowest BCUT2D eigenvalue weighted by molar-refractivity contribution is 0.897. The number of aryl methyl sites for hydroxylation is 2. The third-order valence-corrected chi connectivity index (χ3v) is 3.93. The lowest BCUT2D eigenvalue weighted by atomic mass is 10.1. The lowest BCUT2D eigenvalue weighted by Crippen LogP contribution is -1.99.